The van der Waals surface area contributed by atoms with E-state index in [0.717, 1.165) is 36.3 Å². The smallest absolute Gasteiger partial charge is 0.115 e. The molecule has 0 aliphatic heterocycles. The first-order chi connectivity index (χ1) is 6.85. The molecule has 1 saturated carbocycles. The third-order valence-corrected chi connectivity index (χ3v) is 3.00. The number of nitrogens with zero attached hydrogens (tertiary/aromatic N) is 1. The van der Waals surface area contributed by atoms with Crippen LogP contribution in [0.15, 0.2) is 28.6 Å². The van der Waals surface area contributed by atoms with E-state index >= 15 is 0 Å². The molecule has 0 aromatic rings. The van der Waals surface area contributed by atoms with Crippen molar-refractivity contribution in [3.63, 3.8) is 0 Å². The van der Waals surface area contributed by atoms with E-state index in [1.807, 2.05) is 6.08 Å². The predicted octanol–water partition coefficient (Wildman–Crippen LogP) is 2.48. The van der Waals surface area contributed by atoms with Crippen molar-refractivity contribution < 1.29 is 9.94 Å². The van der Waals surface area contributed by atoms with Crippen LogP contribution in [0.5, 0.6) is 0 Å². The van der Waals surface area contributed by atoms with Crippen molar-refractivity contribution in [2.75, 3.05) is 7.11 Å². The molecule has 3 heteroatoms. The van der Waals surface area contributed by atoms with Gasteiger partial charge < -0.3 is 9.94 Å². The van der Waals surface area contributed by atoms with Gasteiger partial charge in [-0.05, 0) is 49.3 Å². The zero-order valence-corrected chi connectivity index (χ0v) is 8.36. The second-order valence-electron chi connectivity index (χ2n) is 3.78. The predicted molar refractivity (Wildman–Crippen MR) is 54.4 cm³/mol. The van der Waals surface area contributed by atoms with E-state index < -0.39 is 0 Å². The molecule has 0 aromatic carbocycles. The average molecular weight is 193 g/mol. The van der Waals surface area contributed by atoms with Gasteiger partial charge in [-0.2, -0.15) is 0 Å². The van der Waals surface area contributed by atoms with Gasteiger partial charge in [0.15, 0.2) is 0 Å². The van der Waals surface area contributed by atoms with Crippen molar-refractivity contribution in [1.29, 1.82) is 0 Å². The average Bonchev–Trinajstić information content (AvgIpc) is 2.27. The normalized spacial score (nSPS) is 29.2. The molecule has 0 heterocycles. The Morgan fingerprint density at radius 2 is 2.43 bits per heavy atom. The summed E-state index contributed by atoms with van der Waals surface area (Å²) in [4.78, 5) is 0. The number of rotatable bonds is 1. The molecule has 2 aliphatic carbocycles. The Labute approximate surface area is 83.8 Å². The molecule has 76 valence electrons. The molecule has 0 bridgehead atoms. The summed E-state index contributed by atoms with van der Waals surface area (Å²) in [5.74, 6) is 1.42. The number of hydrogen-bond acceptors (Lipinski definition) is 3. The molecule has 3 nitrogen and oxygen atoms in total. The van der Waals surface area contributed by atoms with Gasteiger partial charge >= 0.3 is 0 Å². The Morgan fingerprint density at radius 1 is 1.57 bits per heavy atom. The zero-order valence-electron chi connectivity index (χ0n) is 8.36. The molecule has 0 amide bonds. The fraction of sp³-hybridized carbons (Fsp3) is 0.545. The van der Waals surface area contributed by atoms with Crippen LogP contribution in [0.1, 0.15) is 25.7 Å². The summed E-state index contributed by atoms with van der Waals surface area (Å²) in [7, 11) is 1.67. The van der Waals surface area contributed by atoms with Crippen LogP contribution in [-0.2, 0) is 4.74 Å². The van der Waals surface area contributed by atoms with E-state index in [2.05, 4.69) is 11.2 Å². The molecule has 1 N–H and O–H groups in total. The standard InChI is InChI=1S/C11H15NO2/c1-14-9-6-5-8-3-2-4-11(12-13)10(8)7-9/h6-8,13H,2-5H2,1H3. The lowest BCUT2D eigenvalue weighted by molar-refractivity contribution is 0.297. The number of methoxy groups -OCH3 is 1. The highest BCUT2D eigenvalue weighted by Gasteiger charge is 2.26. The zero-order chi connectivity index (χ0) is 9.97. The minimum Gasteiger partial charge on any atom is -0.497 e. The van der Waals surface area contributed by atoms with Gasteiger partial charge in [-0.15, -0.1) is 0 Å². The molecule has 14 heavy (non-hydrogen) atoms. The van der Waals surface area contributed by atoms with Gasteiger partial charge in [0.05, 0.1) is 12.8 Å². The highest BCUT2D eigenvalue weighted by atomic mass is 16.5. The monoisotopic (exact) mass is 193 g/mol. The molecule has 0 aromatic heterocycles. The van der Waals surface area contributed by atoms with Crippen LogP contribution in [0, 0.1) is 5.92 Å². The second-order valence-corrected chi connectivity index (χ2v) is 3.78. The summed E-state index contributed by atoms with van der Waals surface area (Å²) in [6, 6.07) is 0. The third kappa shape index (κ3) is 1.54. The fourth-order valence-corrected chi connectivity index (χ4v) is 2.22. The molecular weight excluding hydrogens is 178 g/mol. The Morgan fingerprint density at radius 3 is 3.14 bits per heavy atom. The van der Waals surface area contributed by atoms with Crippen LogP contribution in [0.4, 0.5) is 0 Å². The van der Waals surface area contributed by atoms with Gasteiger partial charge in [-0.25, -0.2) is 0 Å². The Kier molecular flexibility index (Phi) is 2.57. The quantitative estimate of drug-likeness (QED) is 0.513. The van der Waals surface area contributed by atoms with E-state index in [1.165, 1.54) is 6.42 Å². The Hall–Kier alpha value is -1.25. The van der Waals surface area contributed by atoms with E-state index in [9.17, 15) is 0 Å². The van der Waals surface area contributed by atoms with Gasteiger partial charge in [0.2, 0.25) is 0 Å². The van der Waals surface area contributed by atoms with Gasteiger partial charge in [0.25, 0.3) is 0 Å². The lowest BCUT2D eigenvalue weighted by atomic mass is 9.78. The summed E-state index contributed by atoms with van der Waals surface area (Å²) >= 11 is 0. The van der Waals surface area contributed by atoms with E-state index in [-0.39, 0.29) is 0 Å². The van der Waals surface area contributed by atoms with E-state index in [1.54, 1.807) is 7.11 Å². The van der Waals surface area contributed by atoms with Crippen LogP contribution >= 0.6 is 0 Å². The lowest BCUT2D eigenvalue weighted by Gasteiger charge is -2.28. The third-order valence-electron chi connectivity index (χ3n) is 3.00. The molecule has 2 rings (SSSR count). The van der Waals surface area contributed by atoms with Crippen molar-refractivity contribution in [2.45, 2.75) is 25.7 Å². The molecular formula is C11H15NO2. The number of oxime groups is 1. The Bertz CT molecular complexity index is 315. The lowest BCUT2D eigenvalue weighted by Crippen LogP contribution is -2.21. The van der Waals surface area contributed by atoms with Crippen LogP contribution < -0.4 is 0 Å². The first-order valence-corrected chi connectivity index (χ1v) is 5.02. The topological polar surface area (TPSA) is 41.8 Å². The van der Waals surface area contributed by atoms with Crippen molar-refractivity contribution >= 4 is 5.71 Å². The highest BCUT2D eigenvalue weighted by molar-refractivity contribution is 6.01. The first kappa shape index (κ1) is 9.31. The van der Waals surface area contributed by atoms with Gasteiger partial charge in [0, 0.05) is 0 Å². The van der Waals surface area contributed by atoms with Crippen molar-refractivity contribution in [3.8, 4) is 0 Å². The van der Waals surface area contributed by atoms with Crippen molar-refractivity contribution in [1.82, 2.24) is 0 Å². The SMILES string of the molecule is COC1=CCC2CCCC(=NO)C2=C1. The summed E-state index contributed by atoms with van der Waals surface area (Å²) in [6.07, 6.45) is 8.32. The molecule has 1 fully saturated rings. The largest absolute Gasteiger partial charge is 0.497 e. The maximum absolute atomic E-state index is 8.88. The highest BCUT2D eigenvalue weighted by Crippen LogP contribution is 2.34. The second kappa shape index (κ2) is 3.86. The summed E-state index contributed by atoms with van der Waals surface area (Å²) in [6.45, 7) is 0. The molecule has 0 spiro atoms. The maximum Gasteiger partial charge on any atom is 0.115 e. The first-order valence-electron chi connectivity index (χ1n) is 5.02. The van der Waals surface area contributed by atoms with E-state index in [4.69, 9.17) is 9.94 Å². The molecule has 0 saturated heterocycles. The number of allylic oxidation sites excluding steroid dienone is 3. The van der Waals surface area contributed by atoms with Crippen molar-refractivity contribution in [2.24, 2.45) is 11.1 Å². The molecule has 1 atom stereocenters. The summed E-state index contributed by atoms with van der Waals surface area (Å²) in [5, 5.41) is 12.2. The van der Waals surface area contributed by atoms with Gasteiger partial charge in [-0.1, -0.05) is 5.16 Å². The minimum absolute atomic E-state index is 0.536. The molecule has 2 aliphatic rings. The maximum atomic E-state index is 8.88. The van der Waals surface area contributed by atoms with Crippen molar-refractivity contribution in [3.05, 3.63) is 23.5 Å². The van der Waals surface area contributed by atoms with Crippen LogP contribution in [-0.4, -0.2) is 18.0 Å². The number of ether oxygens (including phenoxy) is 1. The van der Waals surface area contributed by atoms with Gasteiger partial charge in [0.1, 0.15) is 5.76 Å². The number of fused-ring (bicyclic) bond motifs is 1. The number of hydrogen-bond donors (Lipinski definition) is 1. The minimum atomic E-state index is 0.536. The fourth-order valence-electron chi connectivity index (χ4n) is 2.22. The van der Waals surface area contributed by atoms with Crippen LogP contribution in [0.3, 0.4) is 0 Å². The molecule has 1 unspecified atom stereocenters. The summed E-state index contributed by atoms with van der Waals surface area (Å²) in [5.41, 5.74) is 2.00. The Balaban J connectivity index is 2.28. The van der Waals surface area contributed by atoms with Gasteiger partial charge in [-0.3, -0.25) is 0 Å². The van der Waals surface area contributed by atoms with Crippen LogP contribution in [0.2, 0.25) is 0 Å². The summed E-state index contributed by atoms with van der Waals surface area (Å²) < 4.78 is 5.18. The van der Waals surface area contributed by atoms with E-state index in [0.29, 0.717) is 5.92 Å². The molecule has 0 radical (unpaired) electrons. The van der Waals surface area contributed by atoms with Crippen LogP contribution in [0.25, 0.3) is 0 Å².